The Kier molecular flexibility index (Phi) is 15.2. The minimum absolute atomic E-state index is 0.0558. The van der Waals surface area contributed by atoms with Crippen molar-refractivity contribution in [1.82, 2.24) is 10.6 Å². The van der Waals surface area contributed by atoms with Crippen LogP contribution in [0.15, 0.2) is 91.1 Å². The molecule has 3 aromatic rings. The molecule has 3 aromatic carbocycles. The van der Waals surface area contributed by atoms with Gasteiger partial charge in [-0.3, -0.25) is 9.00 Å². The summed E-state index contributed by atoms with van der Waals surface area (Å²) >= 11 is 0. The molecule has 0 saturated carbocycles. The highest BCUT2D eigenvalue weighted by molar-refractivity contribution is 7.84. The molecule has 1 amide bonds. The third-order valence-electron chi connectivity index (χ3n) is 8.54. The van der Waals surface area contributed by atoms with Crippen molar-refractivity contribution in [3.05, 3.63) is 102 Å². The van der Waals surface area contributed by atoms with Crippen LogP contribution in [0.5, 0.6) is 5.75 Å². The maximum Gasteiger partial charge on any atom is 0.328 e. The first kappa shape index (κ1) is 38.3. The molecular weight excluding hydrogens is 627 g/mol. The van der Waals surface area contributed by atoms with Crippen molar-refractivity contribution in [3.8, 4) is 5.75 Å². The molecule has 0 spiro atoms. The van der Waals surface area contributed by atoms with Crippen LogP contribution >= 0.6 is 0 Å². The number of hydrogen-bond donors (Lipinski definition) is 4. The number of hydrogen-bond acceptors (Lipinski definition) is 7. The van der Waals surface area contributed by atoms with E-state index in [4.69, 9.17) is 4.74 Å². The average molecular weight is 678 g/mol. The lowest BCUT2D eigenvalue weighted by Gasteiger charge is -2.39. The van der Waals surface area contributed by atoms with E-state index in [9.17, 15) is 24.0 Å². The van der Waals surface area contributed by atoms with Gasteiger partial charge in [0, 0.05) is 46.4 Å². The Morgan fingerprint density at radius 3 is 2.21 bits per heavy atom. The smallest absolute Gasteiger partial charge is 0.328 e. The zero-order chi connectivity index (χ0) is 35.1. The number of nitrogens with one attached hydrogen (secondary N) is 2. The molecule has 0 bridgehead atoms. The Morgan fingerprint density at radius 2 is 1.65 bits per heavy atom. The molecule has 0 aromatic heterocycles. The van der Waals surface area contributed by atoms with Crippen LogP contribution in [0.25, 0.3) is 0 Å². The summed E-state index contributed by atoms with van der Waals surface area (Å²) in [6.07, 6.45) is 7.11. The lowest BCUT2D eigenvalue weighted by Crippen LogP contribution is -2.48. The number of ether oxygens (including phenoxy) is 1. The lowest BCUT2D eigenvalue weighted by molar-refractivity contribution is -0.143. The molecule has 4 atom stereocenters. The molecule has 0 heterocycles. The second kappa shape index (κ2) is 19.0. The van der Waals surface area contributed by atoms with Gasteiger partial charge in [-0.05, 0) is 66.6 Å². The number of carbonyl (C=O) groups is 2. The molecule has 48 heavy (non-hydrogen) atoms. The summed E-state index contributed by atoms with van der Waals surface area (Å²) in [5.74, 6) is -0.650. The van der Waals surface area contributed by atoms with E-state index in [0.717, 1.165) is 55.6 Å². The Hall–Kier alpha value is -4.15. The molecule has 0 aliphatic heterocycles. The Morgan fingerprint density at radius 1 is 0.979 bits per heavy atom. The molecule has 260 valence electrons. The number of rotatable bonds is 21. The van der Waals surface area contributed by atoms with E-state index in [1.54, 1.807) is 30.5 Å². The van der Waals surface area contributed by atoms with Gasteiger partial charge in [-0.15, -0.1) is 0 Å². The van der Waals surface area contributed by atoms with E-state index in [2.05, 4.69) is 54.2 Å². The summed E-state index contributed by atoms with van der Waals surface area (Å²) in [6.45, 7) is 10.5. The fraction of sp³-hybridized carbons (Fsp3) is 0.421. The number of aliphatic hydroxyl groups is 1. The number of unbranched alkanes of at least 4 members (excludes halogenated alkanes) is 2. The predicted octanol–water partition coefficient (Wildman–Crippen LogP) is 6.27. The number of para-hydroxylation sites is 1. The van der Waals surface area contributed by atoms with E-state index in [1.165, 1.54) is 0 Å². The number of carboxylic acid groups (broad SMARTS) is 1. The predicted molar refractivity (Wildman–Crippen MR) is 194 cm³/mol. The van der Waals surface area contributed by atoms with E-state index < -0.39 is 41.4 Å². The van der Waals surface area contributed by atoms with Crippen molar-refractivity contribution >= 4 is 34.1 Å². The molecule has 0 fully saturated rings. The highest BCUT2D eigenvalue weighted by atomic mass is 32.2. The summed E-state index contributed by atoms with van der Waals surface area (Å²) in [7, 11) is -0.934. The van der Waals surface area contributed by atoms with Crippen LogP contribution in [-0.4, -0.2) is 64.1 Å². The zero-order valence-electron chi connectivity index (χ0n) is 28.6. The van der Waals surface area contributed by atoms with E-state index in [0.29, 0.717) is 22.8 Å². The van der Waals surface area contributed by atoms with Gasteiger partial charge in [0.05, 0.1) is 6.61 Å². The van der Waals surface area contributed by atoms with Crippen molar-refractivity contribution in [3.63, 3.8) is 0 Å². The van der Waals surface area contributed by atoms with Crippen molar-refractivity contribution in [2.24, 2.45) is 5.41 Å². The molecule has 0 saturated heterocycles. The molecule has 0 radical (unpaired) electrons. The topological polar surface area (TPSA) is 128 Å². The van der Waals surface area contributed by atoms with Gasteiger partial charge in [0.15, 0.2) is 0 Å². The van der Waals surface area contributed by atoms with Gasteiger partial charge in [0.25, 0.3) is 0 Å². The van der Waals surface area contributed by atoms with Crippen molar-refractivity contribution in [2.75, 3.05) is 36.7 Å². The van der Waals surface area contributed by atoms with Crippen LogP contribution in [0.1, 0.15) is 63.1 Å². The van der Waals surface area contributed by atoms with Crippen LogP contribution in [0.2, 0.25) is 0 Å². The monoisotopic (exact) mass is 677 g/mol. The molecule has 10 heteroatoms. The van der Waals surface area contributed by atoms with Crippen molar-refractivity contribution < 1.29 is 28.7 Å². The highest BCUT2D eigenvalue weighted by Gasteiger charge is 2.33. The summed E-state index contributed by atoms with van der Waals surface area (Å²) in [5, 5.41) is 24.2. The van der Waals surface area contributed by atoms with Gasteiger partial charge in [0.2, 0.25) is 5.91 Å². The fourth-order valence-corrected chi connectivity index (χ4v) is 7.11. The number of nitrogens with zero attached hydrogens (tertiary/aromatic N) is 1. The molecule has 4 N–H and O–H groups in total. The number of amides is 1. The lowest BCUT2D eigenvalue weighted by atomic mass is 9.81. The van der Waals surface area contributed by atoms with Gasteiger partial charge < -0.3 is 30.5 Å². The second-order valence-corrected chi connectivity index (χ2v) is 13.8. The quantitative estimate of drug-likeness (QED) is 0.0972. The van der Waals surface area contributed by atoms with Crippen LogP contribution < -0.4 is 20.3 Å². The number of benzene rings is 3. The maximum atomic E-state index is 13.1. The van der Waals surface area contributed by atoms with Crippen LogP contribution in [0.3, 0.4) is 0 Å². The van der Waals surface area contributed by atoms with E-state index in [-0.39, 0.29) is 12.0 Å². The first-order valence-corrected chi connectivity index (χ1v) is 18.2. The first-order chi connectivity index (χ1) is 23.0. The maximum absolute atomic E-state index is 13.1. The van der Waals surface area contributed by atoms with E-state index in [1.807, 2.05) is 43.3 Å². The SMILES string of the molecule is C=C(COc1ccc(N(CC(CC)(CCCCC)CS(C)=O)c2ccccc2)cc1C)NC(C(=O)NC(CO)C(=O)O)c1ccccc1. The standard InChI is InChI=1S/C38H51N3O6S/c1-6-8-15-22-38(7-2,27-48(5)46)26-41(31-18-13-10-14-19-31)32-20-21-34(28(3)23-32)47-25-29(4)39-35(30-16-11-9-12-17-30)36(43)40-33(24-42)37(44)45/h9-14,16-21,23,33,35,39,42H,4,6-8,15,22,24-27H2,1-3,5H3,(H,40,43)(H,44,45). The molecule has 0 aliphatic rings. The highest BCUT2D eigenvalue weighted by Crippen LogP contribution is 2.38. The van der Waals surface area contributed by atoms with Gasteiger partial charge in [-0.2, -0.15) is 0 Å². The van der Waals surface area contributed by atoms with Crippen LogP contribution in [0, 0.1) is 12.3 Å². The number of anilines is 2. The molecule has 9 nitrogen and oxygen atoms in total. The average Bonchev–Trinajstić information content (AvgIpc) is 3.08. The Labute approximate surface area is 287 Å². The minimum atomic E-state index is -1.44. The first-order valence-electron chi connectivity index (χ1n) is 16.5. The Balaban J connectivity index is 1.81. The van der Waals surface area contributed by atoms with Gasteiger partial charge in [-0.1, -0.05) is 88.2 Å². The zero-order valence-corrected chi connectivity index (χ0v) is 29.4. The molecule has 4 unspecified atom stereocenters. The largest absolute Gasteiger partial charge is 0.487 e. The summed E-state index contributed by atoms with van der Waals surface area (Å²) < 4.78 is 18.8. The van der Waals surface area contributed by atoms with Crippen molar-refractivity contribution in [1.29, 1.82) is 0 Å². The van der Waals surface area contributed by atoms with Crippen molar-refractivity contribution in [2.45, 2.75) is 65.0 Å². The molecule has 3 rings (SSSR count). The number of aryl methyl sites for hydroxylation is 1. The van der Waals surface area contributed by atoms with Crippen LogP contribution in [0.4, 0.5) is 11.4 Å². The third-order valence-corrected chi connectivity index (χ3v) is 9.56. The summed E-state index contributed by atoms with van der Waals surface area (Å²) in [5.41, 5.74) is 3.89. The number of aliphatic carboxylic acids is 1. The van der Waals surface area contributed by atoms with Crippen LogP contribution in [-0.2, 0) is 20.4 Å². The van der Waals surface area contributed by atoms with E-state index >= 15 is 0 Å². The fourth-order valence-electron chi connectivity index (χ4n) is 5.80. The number of carboxylic acids is 1. The van der Waals surface area contributed by atoms with Gasteiger partial charge in [-0.25, -0.2) is 4.79 Å². The van der Waals surface area contributed by atoms with Gasteiger partial charge >= 0.3 is 5.97 Å². The Bertz CT molecular complexity index is 1500. The van der Waals surface area contributed by atoms with Gasteiger partial charge in [0.1, 0.15) is 24.4 Å². The molecule has 0 aliphatic carbocycles. The number of aliphatic hydroxyl groups excluding tert-OH is 1. The normalized spacial score (nSPS) is 14.2. The third kappa shape index (κ3) is 11.2. The molecular formula is C38H51N3O6S. The number of carbonyl (C=O) groups excluding carboxylic acids is 1. The summed E-state index contributed by atoms with van der Waals surface area (Å²) in [6, 6.07) is 22.8. The summed E-state index contributed by atoms with van der Waals surface area (Å²) in [4.78, 5) is 26.8. The second-order valence-electron chi connectivity index (χ2n) is 12.4. The minimum Gasteiger partial charge on any atom is -0.487 e.